The van der Waals surface area contributed by atoms with Gasteiger partial charge in [0.2, 0.25) is 0 Å². The summed E-state index contributed by atoms with van der Waals surface area (Å²) in [7, 11) is 3.49. The molecule has 106 valence electrons. The summed E-state index contributed by atoms with van der Waals surface area (Å²) < 4.78 is 10.6. The highest BCUT2D eigenvalue weighted by atomic mass is 16.5. The number of hydrogen-bond acceptors (Lipinski definition) is 3. The first-order valence-electron chi connectivity index (χ1n) is 7.19. The number of methoxy groups -OCH3 is 2. The summed E-state index contributed by atoms with van der Waals surface area (Å²) in [5.74, 6) is 0.892. The van der Waals surface area contributed by atoms with Gasteiger partial charge in [-0.3, -0.25) is 0 Å². The number of nitrogens with one attached hydrogen (secondary N) is 1. The van der Waals surface area contributed by atoms with E-state index in [0.717, 1.165) is 12.5 Å². The maximum atomic E-state index is 5.44. The molecular formula is C15H29NO2. The van der Waals surface area contributed by atoms with Gasteiger partial charge in [-0.25, -0.2) is 0 Å². The van der Waals surface area contributed by atoms with Gasteiger partial charge in [-0.1, -0.05) is 20.8 Å². The second-order valence-corrected chi connectivity index (χ2v) is 7.07. The van der Waals surface area contributed by atoms with E-state index in [1.54, 1.807) is 14.2 Å². The molecule has 1 N–H and O–H groups in total. The van der Waals surface area contributed by atoms with Crippen LogP contribution in [-0.2, 0) is 9.47 Å². The van der Waals surface area contributed by atoms with E-state index in [-0.39, 0.29) is 6.10 Å². The summed E-state index contributed by atoms with van der Waals surface area (Å²) in [6.07, 6.45) is 4.34. The molecule has 0 heterocycles. The number of hydrogen-bond donors (Lipinski definition) is 1. The molecule has 0 radical (unpaired) electrons. The van der Waals surface area contributed by atoms with Crippen molar-refractivity contribution < 1.29 is 9.47 Å². The highest BCUT2D eigenvalue weighted by Gasteiger charge is 2.58. The summed E-state index contributed by atoms with van der Waals surface area (Å²) >= 11 is 0. The van der Waals surface area contributed by atoms with E-state index < -0.39 is 0 Å². The van der Waals surface area contributed by atoms with E-state index in [9.17, 15) is 0 Å². The van der Waals surface area contributed by atoms with Crippen LogP contribution in [0.2, 0.25) is 0 Å². The second-order valence-electron chi connectivity index (χ2n) is 7.07. The fraction of sp³-hybridized carbons (Fsp3) is 1.00. The first-order chi connectivity index (χ1) is 8.44. The zero-order valence-corrected chi connectivity index (χ0v) is 12.6. The minimum atomic E-state index is 0.161. The lowest BCUT2D eigenvalue weighted by molar-refractivity contribution is 0.0168. The highest BCUT2D eigenvalue weighted by molar-refractivity contribution is 5.12. The molecule has 0 saturated heterocycles. The number of rotatable bonds is 6. The van der Waals surface area contributed by atoms with Gasteiger partial charge in [0.05, 0.1) is 12.7 Å². The van der Waals surface area contributed by atoms with Gasteiger partial charge in [-0.15, -0.1) is 0 Å². The van der Waals surface area contributed by atoms with Gasteiger partial charge < -0.3 is 14.8 Å². The Labute approximate surface area is 112 Å². The molecule has 4 unspecified atom stereocenters. The largest absolute Gasteiger partial charge is 0.382 e. The Kier molecular flexibility index (Phi) is 4.05. The molecule has 4 atom stereocenters. The smallest absolute Gasteiger partial charge is 0.0928 e. The number of ether oxygens (including phenoxy) is 2. The topological polar surface area (TPSA) is 30.5 Å². The summed E-state index contributed by atoms with van der Waals surface area (Å²) in [6.45, 7) is 8.87. The molecule has 2 rings (SSSR count). The van der Waals surface area contributed by atoms with Gasteiger partial charge in [0, 0.05) is 26.8 Å². The van der Waals surface area contributed by atoms with Gasteiger partial charge in [-0.2, -0.15) is 0 Å². The van der Waals surface area contributed by atoms with Crippen molar-refractivity contribution in [3.8, 4) is 0 Å². The van der Waals surface area contributed by atoms with Crippen LogP contribution >= 0.6 is 0 Å². The van der Waals surface area contributed by atoms with Crippen LogP contribution in [0.25, 0.3) is 0 Å². The molecule has 0 aromatic heterocycles. The molecule has 0 aromatic carbocycles. The zero-order chi connectivity index (χ0) is 13.4. The third-order valence-electron chi connectivity index (χ3n) is 5.51. The Hall–Kier alpha value is -0.120. The molecule has 18 heavy (non-hydrogen) atoms. The lowest BCUT2D eigenvalue weighted by Crippen LogP contribution is -2.52. The lowest BCUT2D eigenvalue weighted by Gasteiger charge is -2.43. The van der Waals surface area contributed by atoms with E-state index in [4.69, 9.17) is 9.47 Å². The summed E-state index contributed by atoms with van der Waals surface area (Å²) in [4.78, 5) is 0. The Morgan fingerprint density at radius 3 is 2.50 bits per heavy atom. The highest BCUT2D eigenvalue weighted by Crippen LogP contribution is 2.62. The maximum Gasteiger partial charge on any atom is 0.0928 e. The molecular weight excluding hydrogens is 226 g/mol. The zero-order valence-electron chi connectivity index (χ0n) is 12.6. The van der Waals surface area contributed by atoms with Crippen molar-refractivity contribution in [1.82, 2.24) is 5.32 Å². The van der Waals surface area contributed by atoms with Crippen LogP contribution in [0.15, 0.2) is 0 Å². The van der Waals surface area contributed by atoms with Gasteiger partial charge >= 0.3 is 0 Å². The predicted octanol–water partition coefficient (Wildman–Crippen LogP) is 2.45. The summed E-state index contributed by atoms with van der Waals surface area (Å²) in [5, 5.41) is 3.77. The first-order valence-corrected chi connectivity index (χ1v) is 7.19. The van der Waals surface area contributed by atoms with Crippen molar-refractivity contribution in [2.75, 3.05) is 27.4 Å². The van der Waals surface area contributed by atoms with Crippen molar-refractivity contribution in [2.45, 2.75) is 52.2 Å². The molecule has 0 spiro atoms. The van der Waals surface area contributed by atoms with Crippen LogP contribution in [0.1, 0.15) is 40.0 Å². The third kappa shape index (κ3) is 2.33. The average molecular weight is 255 g/mol. The van der Waals surface area contributed by atoms with E-state index in [1.807, 2.05) is 0 Å². The van der Waals surface area contributed by atoms with Gasteiger partial charge in [0.15, 0.2) is 0 Å². The Morgan fingerprint density at radius 2 is 2.00 bits per heavy atom. The Bertz CT molecular complexity index is 287. The van der Waals surface area contributed by atoms with E-state index in [0.29, 0.717) is 23.5 Å². The molecule has 2 fully saturated rings. The Morgan fingerprint density at radius 1 is 1.28 bits per heavy atom. The van der Waals surface area contributed by atoms with Crippen LogP contribution in [0, 0.1) is 16.7 Å². The second kappa shape index (κ2) is 5.10. The van der Waals surface area contributed by atoms with Gasteiger partial charge in [-0.05, 0) is 36.0 Å². The molecule has 0 aromatic rings. The van der Waals surface area contributed by atoms with E-state index in [2.05, 4.69) is 26.1 Å². The number of fused-ring (bicyclic) bond motifs is 2. The van der Waals surface area contributed by atoms with Crippen LogP contribution in [0.3, 0.4) is 0 Å². The molecule has 2 aliphatic carbocycles. The average Bonchev–Trinajstić information content (AvgIpc) is 2.78. The fourth-order valence-corrected chi connectivity index (χ4v) is 4.46. The van der Waals surface area contributed by atoms with Gasteiger partial charge in [0.1, 0.15) is 0 Å². The van der Waals surface area contributed by atoms with Crippen LogP contribution < -0.4 is 5.32 Å². The normalized spacial score (nSPS) is 39.2. The van der Waals surface area contributed by atoms with Crippen molar-refractivity contribution in [3.05, 3.63) is 0 Å². The quantitative estimate of drug-likeness (QED) is 0.791. The summed E-state index contributed by atoms with van der Waals surface area (Å²) in [5.41, 5.74) is 0.901. The summed E-state index contributed by atoms with van der Waals surface area (Å²) in [6, 6.07) is 0.609. The van der Waals surface area contributed by atoms with E-state index >= 15 is 0 Å². The van der Waals surface area contributed by atoms with Crippen molar-refractivity contribution in [3.63, 3.8) is 0 Å². The van der Waals surface area contributed by atoms with Gasteiger partial charge in [0.25, 0.3) is 0 Å². The van der Waals surface area contributed by atoms with Crippen molar-refractivity contribution >= 4 is 0 Å². The van der Waals surface area contributed by atoms with Crippen LogP contribution in [0.4, 0.5) is 0 Å². The monoisotopic (exact) mass is 255 g/mol. The molecule has 0 amide bonds. The molecule has 2 saturated carbocycles. The van der Waals surface area contributed by atoms with Crippen LogP contribution in [0.5, 0.6) is 0 Å². The lowest BCUT2D eigenvalue weighted by atomic mass is 9.68. The SMILES string of the molecule is COCC(CNC1C2(C)CCC(C2)C1(C)C)OC. The standard InChI is InChI=1S/C15H29NO2/c1-14(2)11-6-7-15(3,8-11)13(14)16-9-12(18-5)10-17-4/h11-13,16H,6-10H2,1-5H3. The molecule has 3 nitrogen and oxygen atoms in total. The van der Waals surface area contributed by atoms with E-state index in [1.165, 1.54) is 19.3 Å². The molecule has 0 aliphatic heterocycles. The first kappa shape index (κ1) is 14.3. The molecule has 3 heteroatoms. The Balaban J connectivity index is 1.96. The predicted molar refractivity (Wildman–Crippen MR) is 73.7 cm³/mol. The third-order valence-corrected chi connectivity index (χ3v) is 5.51. The fourth-order valence-electron chi connectivity index (χ4n) is 4.46. The minimum Gasteiger partial charge on any atom is -0.382 e. The molecule has 2 bridgehead atoms. The van der Waals surface area contributed by atoms with Crippen LogP contribution in [-0.4, -0.2) is 39.5 Å². The van der Waals surface area contributed by atoms with Crippen molar-refractivity contribution in [2.24, 2.45) is 16.7 Å². The molecule has 2 aliphatic rings. The minimum absolute atomic E-state index is 0.161. The van der Waals surface area contributed by atoms with Crippen molar-refractivity contribution in [1.29, 1.82) is 0 Å². The maximum absolute atomic E-state index is 5.44.